The Balaban J connectivity index is 1.75. The number of nitrogens with zero attached hydrogens (tertiary/aromatic N) is 2. The molecule has 3 rings (SSSR count). The molecule has 0 bridgehead atoms. The van der Waals surface area contributed by atoms with Crippen LogP contribution in [0.3, 0.4) is 0 Å². The van der Waals surface area contributed by atoms with Crippen LogP contribution in [0.15, 0.2) is 42.6 Å². The Morgan fingerprint density at radius 1 is 1.29 bits per heavy atom. The van der Waals surface area contributed by atoms with Gasteiger partial charge in [-0.15, -0.1) is 0 Å². The molecule has 1 amide bonds. The van der Waals surface area contributed by atoms with Gasteiger partial charge in [0.15, 0.2) is 11.5 Å². The van der Waals surface area contributed by atoms with Gasteiger partial charge in [0.25, 0.3) is 5.91 Å². The Hall–Kier alpha value is -1.98. The van der Waals surface area contributed by atoms with Gasteiger partial charge in [-0.2, -0.15) is 0 Å². The first-order valence-electron chi connectivity index (χ1n) is 8.03. The van der Waals surface area contributed by atoms with Crippen LogP contribution in [-0.4, -0.2) is 35.4 Å². The van der Waals surface area contributed by atoms with Crippen LogP contribution >= 0.6 is 11.6 Å². The lowest BCUT2D eigenvalue weighted by atomic mass is 10.1. The predicted octanol–water partition coefficient (Wildman–Crippen LogP) is 3.44. The maximum atomic E-state index is 13.7. The van der Waals surface area contributed by atoms with E-state index in [9.17, 15) is 9.18 Å². The van der Waals surface area contributed by atoms with Crippen molar-refractivity contribution in [2.24, 2.45) is 0 Å². The number of pyridine rings is 1. The van der Waals surface area contributed by atoms with Crippen molar-refractivity contribution in [3.8, 4) is 0 Å². The zero-order valence-electron chi connectivity index (χ0n) is 13.2. The molecule has 1 N–H and O–H groups in total. The minimum atomic E-state index is -0.615. The molecule has 2 aromatic rings. The lowest BCUT2D eigenvalue weighted by Crippen LogP contribution is -2.37. The maximum Gasteiger partial charge on any atom is 0.272 e. The predicted molar refractivity (Wildman–Crippen MR) is 91.5 cm³/mol. The highest BCUT2D eigenvalue weighted by Crippen LogP contribution is 2.26. The lowest BCUT2D eigenvalue weighted by Gasteiger charge is -2.28. The van der Waals surface area contributed by atoms with Crippen molar-refractivity contribution in [3.05, 3.63) is 64.7 Å². The van der Waals surface area contributed by atoms with Crippen molar-refractivity contribution in [2.45, 2.75) is 18.9 Å². The van der Waals surface area contributed by atoms with Crippen molar-refractivity contribution in [3.63, 3.8) is 0 Å². The lowest BCUT2D eigenvalue weighted by molar-refractivity contribution is 0.0928. The van der Waals surface area contributed by atoms with Crippen molar-refractivity contribution in [1.82, 2.24) is 15.2 Å². The standard InChI is InChI=1S/C18H19ClFN3O/c19-14-6-3-5-13(11-14)16(23-9-1-2-10-23)12-22-18(24)17-15(20)7-4-8-21-17/h3-8,11,16H,1-2,9-10,12H2,(H,22,24). The number of amides is 1. The van der Waals surface area contributed by atoms with Crippen LogP contribution in [0.5, 0.6) is 0 Å². The average Bonchev–Trinajstić information content (AvgIpc) is 3.10. The van der Waals surface area contributed by atoms with Crippen molar-refractivity contribution < 1.29 is 9.18 Å². The minimum Gasteiger partial charge on any atom is -0.349 e. The molecular weight excluding hydrogens is 329 g/mol. The first-order chi connectivity index (χ1) is 11.6. The molecule has 6 heteroatoms. The molecule has 0 spiro atoms. The van der Waals surface area contributed by atoms with Gasteiger partial charge < -0.3 is 5.32 Å². The van der Waals surface area contributed by atoms with Gasteiger partial charge in [0.2, 0.25) is 0 Å². The Morgan fingerprint density at radius 2 is 2.08 bits per heavy atom. The Morgan fingerprint density at radius 3 is 2.79 bits per heavy atom. The summed E-state index contributed by atoms with van der Waals surface area (Å²) in [5.41, 5.74) is 0.870. The fourth-order valence-corrected chi connectivity index (χ4v) is 3.25. The molecule has 1 fully saturated rings. The Kier molecular flexibility index (Phi) is 5.43. The van der Waals surface area contributed by atoms with Gasteiger partial charge in [-0.05, 0) is 55.8 Å². The van der Waals surface area contributed by atoms with Crippen LogP contribution in [0.2, 0.25) is 5.02 Å². The zero-order chi connectivity index (χ0) is 16.9. The van der Waals surface area contributed by atoms with Crippen molar-refractivity contribution in [1.29, 1.82) is 0 Å². The number of benzene rings is 1. The smallest absolute Gasteiger partial charge is 0.272 e. The highest BCUT2D eigenvalue weighted by atomic mass is 35.5. The van der Waals surface area contributed by atoms with E-state index in [1.807, 2.05) is 24.3 Å². The summed E-state index contributed by atoms with van der Waals surface area (Å²) in [5.74, 6) is -1.12. The van der Waals surface area contributed by atoms with Gasteiger partial charge in [0, 0.05) is 17.8 Å². The van der Waals surface area contributed by atoms with E-state index in [2.05, 4.69) is 15.2 Å². The first-order valence-corrected chi connectivity index (χ1v) is 8.41. The van der Waals surface area contributed by atoms with Crippen LogP contribution in [0.1, 0.15) is 34.9 Å². The quantitative estimate of drug-likeness (QED) is 0.901. The van der Waals surface area contributed by atoms with Gasteiger partial charge in [0.05, 0.1) is 6.04 Å². The van der Waals surface area contributed by atoms with Gasteiger partial charge in [-0.3, -0.25) is 9.69 Å². The summed E-state index contributed by atoms with van der Waals surface area (Å²) in [4.78, 5) is 18.4. The number of halogens is 2. The number of hydrogen-bond acceptors (Lipinski definition) is 3. The van der Waals surface area contributed by atoms with Crippen LogP contribution < -0.4 is 5.32 Å². The van der Waals surface area contributed by atoms with Crippen molar-refractivity contribution in [2.75, 3.05) is 19.6 Å². The summed E-state index contributed by atoms with van der Waals surface area (Å²) < 4.78 is 13.7. The zero-order valence-corrected chi connectivity index (χ0v) is 14.0. The molecule has 1 unspecified atom stereocenters. The minimum absolute atomic E-state index is 0.0157. The molecule has 1 aliphatic rings. The Labute approximate surface area is 145 Å². The molecule has 0 radical (unpaired) electrons. The topological polar surface area (TPSA) is 45.2 Å². The van der Waals surface area contributed by atoms with Crippen molar-refractivity contribution >= 4 is 17.5 Å². The highest BCUT2D eigenvalue weighted by molar-refractivity contribution is 6.30. The third-order valence-corrected chi connectivity index (χ3v) is 4.48. The number of carbonyl (C=O) groups is 1. The molecule has 1 atom stereocenters. The number of nitrogens with one attached hydrogen (secondary N) is 1. The molecule has 0 saturated carbocycles. The van der Waals surface area contributed by atoms with Crippen LogP contribution in [0.4, 0.5) is 4.39 Å². The van der Waals surface area contributed by atoms with Crippen LogP contribution in [-0.2, 0) is 0 Å². The van der Waals surface area contributed by atoms with Gasteiger partial charge in [0.1, 0.15) is 0 Å². The van der Waals surface area contributed by atoms with E-state index in [0.29, 0.717) is 11.6 Å². The Bertz CT molecular complexity index is 719. The van der Waals surface area contributed by atoms with E-state index in [4.69, 9.17) is 11.6 Å². The summed E-state index contributed by atoms with van der Waals surface area (Å²) >= 11 is 6.11. The molecular formula is C18H19ClFN3O. The summed E-state index contributed by atoms with van der Waals surface area (Å²) in [6.45, 7) is 2.34. The number of carbonyl (C=O) groups excluding carboxylic acids is 1. The second kappa shape index (κ2) is 7.73. The number of rotatable bonds is 5. The molecule has 4 nitrogen and oxygen atoms in total. The third-order valence-electron chi connectivity index (χ3n) is 4.24. The van der Waals surface area contributed by atoms with E-state index < -0.39 is 11.7 Å². The van der Waals surface area contributed by atoms with E-state index >= 15 is 0 Å². The van der Waals surface area contributed by atoms with Gasteiger partial charge in [-0.25, -0.2) is 9.37 Å². The van der Waals surface area contributed by atoms with E-state index in [1.165, 1.54) is 18.3 Å². The molecule has 2 heterocycles. The summed E-state index contributed by atoms with van der Waals surface area (Å²) in [5, 5.41) is 3.47. The number of likely N-dealkylation sites (tertiary alicyclic amines) is 1. The van der Waals surface area contributed by atoms with Crippen LogP contribution in [0, 0.1) is 5.82 Å². The first kappa shape index (κ1) is 16.9. The summed E-state index contributed by atoms with van der Waals surface area (Å²) in [6, 6.07) is 10.4. The molecule has 126 valence electrons. The molecule has 0 aliphatic carbocycles. The van der Waals surface area contributed by atoms with Crippen LogP contribution in [0.25, 0.3) is 0 Å². The highest BCUT2D eigenvalue weighted by Gasteiger charge is 2.25. The summed E-state index contributed by atoms with van der Waals surface area (Å²) in [6.07, 6.45) is 3.69. The fourth-order valence-electron chi connectivity index (χ4n) is 3.05. The third kappa shape index (κ3) is 3.91. The fraction of sp³-hybridized carbons (Fsp3) is 0.333. The number of aromatic nitrogens is 1. The van der Waals surface area contributed by atoms with Gasteiger partial charge >= 0.3 is 0 Å². The molecule has 24 heavy (non-hydrogen) atoms. The monoisotopic (exact) mass is 347 g/mol. The molecule has 1 aromatic heterocycles. The van der Waals surface area contributed by atoms with Gasteiger partial charge in [-0.1, -0.05) is 23.7 Å². The summed E-state index contributed by atoms with van der Waals surface area (Å²) in [7, 11) is 0. The maximum absolute atomic E-state index is 13.7. The second-order valence-electron chi connectivity index (χ2n) is 5.86. The van der Waals surface area contributed by atoms with E-state index in [-0.39, 0.29) is 11.7 Å². The molecule has 1 saturated heterocycles. The largest absolute Gasteiger partial charge is 0.349 e. The molecule has 1 aromatic carbocycles. The SMILES string of the molecule is O=C(NCC(c1cccc(Cl)c1)N1CCCC1)c1ncccc1F. The molecule has 1 aliphatic heterocycles. The van der Waals surface area contributed by atoms with E-state index in [0.717, 1.165) is 31.5 Å². The second-order valence-corrected chi connectivity index (χ2v) is 6.29. The average molecular weight is 348 g/mol. The number of hydrogen-bond donors (Lipinski definition) is 1. The van der Waals surface area contributed by atoms with E-state index in [1.54, 1.807) is 0 Å². The normalized spacial score (nSPS) is 16.1.